The van der Waals surface area contributed by atoms with Gasteiger partial charge < -0.3 is 15.2 Å². The second-order valence-electron chi connectivity index (χ2n) is 3.98. The van der Waals surface area contributed by atoms with Crippen LogP contribution in [0.2, 0.25) is 0 Å². The van der Waals surface area contributed by atoms with E-state index < -0.39 is 0 Å². The van der Waals surface area contributed by atoms with E-state index in [9.17, 15) is 5.11 Å². The van der Waals surface area contributed by atoms with E-state index in [1.807, 2.05) is 6.07 Å². The van der Waals surface area contributed by atoms with Crippen LogP contribution < -0.4 is 10.1 Å². The van der Waals surface area contributed by atoms with Crippen molar-refractivity contribution in [3.63, 3.8) is 0 Å². The van der Waals surface area contributed by atoms with Gasteiger partial charge in [0.15, 0.2) is 0 Å². The Labute approximate surface area is 90.1 Å². The molecule has 3 nitrogen and oxygen atoms in total. The summed E-state index contributed by atoms with van der Waals surface area (Å²) in [6, 6.07) is 5.31. The molecule has 15 heavy (non-hydrogen) atoms. The lowest BCUT2D eigenvalue weighted by Crippen LogP contribution is -2.31. The minimum Gasteiger partial charge on any atom is -0.508 e. The summed E-state index contributed by atoms with van der Waals surface area (Å²) in [5.41, 5.74) is 1.11. The third kappa shape index (κ3) is 2.42. The average Bonchev–Trinajstić information content (AvgIpc) is 2.25. The van der Waals surface area contributed by atoms with E-state index >= 15 is 0 Å². The second kappa shape index (κ2) is 4.53. The molecule has 0 amide bonds. The number of hydrogen-bond donors (Lipinski definition) is 2. The van der Waals surface area contributed by atoms with Gasteiger partial charge >= 0.3 is 0 Å². The Hall–Kier alpha value is -1.22. The molecule has 1 aromatic carbocycles. The fourth-order valence-electron chi connectivity index (χ4n) is 1.92. The van der Waals surface area contributed by atoms with E-state index in [0.29, 0.717) is 11.7 Å². The van der Waals surface area contributed by atoms with Gasteiger partial charge in [0, 0.05) is 12.5 Å². The minimum atomic E-state index is 0.321. The van der Waals surface area contributed by atoms with Crippen LogP contribution in [0, 0.1) is 5.92 Å². The maximum absolute atomic E-state index is 9.38. The number of nitrogens with one attached hydrogen (secondary N) is 1. The largest absolute Gasteiger partial charge is 0.508 e. The number of benzene rings is 1. The molecule has 0 saturated heterocycles. The van der Waals surface area contributed by atoms with Crippen LogP contribution in [-0.4, -0.2) is 24.8 Å². The van der Waals surface area contributed by atoms with Crippen molar-refractivity contribution >= 4 is 0 Å². The third-order valence-electron chi connectivity index (χ3n) is 2.71. The van der Waals surface area contributed by atoms with Crippen LogP contribution in [0.15, 0.2) is 18.2 Å². The first-order valence-electron chi connectivity index (χ1n) is 5.45. The van der Waals surface area contributed by atoms with Gasteiger partial charge in [-0.05, 0) is 36.7 Å². The average molecular weight is 207 g/mol. The van der Waals surface area contributed by atoms with Gasteiger partial charge in [-0.2, -0.15) is 0 Å². The SMILES string of the molecule is CCNCC1COc2ccc(O)cc2C1. The van der Waals surface area contributed by atoms with Gasteiger partial charge in [-0.25, -0.2) is 0 Å². The van der Waals surface area contributed by atoms with Crippen LogP contribution in [0.1, 0.15) is 12.5 Å². The molecule has 0 radical (unpaired) electrons. The summed E-state index contributed by atoms with van der Waals surface area (Å²) in [4.78, 5) is 0. The molecule has 1 aromatic rings. The van der Waals surface area contributed by atoms with Gasteiger partial charge in [-0.3, -0.25) is 0 Å². The Morgan fingerprint density at radius 1 is 1.53 bits per heavy atom. The highest BCUT2D eigenvalue weighted by molar-refractivity contribution is 5.41. The fraction of sp³-hybridized carbons (Fsp3) is 0.500. The van der Waals surface area contributed by atoms with E-state index in [2.05, 4.69) is 12.2 Å². The van der Waals surface area contributed by atoms with E-state index in [-0.39, 0.29) is 0 Å². The first kappa shape index (κ1) is 10.3. The zero-order valence-corrected chi connectivity index (χ0v) is 8.99. The molecule has 2 rings (SSSR count). The zero-order valence-electron chi connectivity index (χ0n) is 8.99. The Morgan fingerprint density at radius 3 is 3.20 bits per heavy atom. The van der Waals surface area contributed by atoms with Crippen LogP contribution in [0.4, 0.5) is 0 Å². The minimum absolute atomic E-state index is 0.321. The molecular formula is C12H17NO2. The van der Waals surface area contributed by atoms with Crippen LogP contribution in [0.3, 0.4) is 0 Å². The number of rotatable bonds is 3. The Kier molecular flexibility index (Phi) is 3.11. The molecule has 0 bridgehead atoms. The van der Waals surface area contributed by atoms with Crippen molar-refractivity contribution in [2.75, 3.05) is 19.7 Å². The van der Waals surface area contributed by atoms with Crippen molar-refractivity contribution in [3.8, 4) is 11.5 Å². The molecule has 0 aromatic heterocycles. The van der Waals surface area contributed by atoms with Crippen molar-refractivity contribution < 1.29 is 9.84 Å². The maximum atomic E-state index is 9.38. The number of phenolic OH excluding ortho intramolecular Hbond substituents is 1. The quantitative estimate of drug-likeness (QED) is 0.790. The summed E-state index contributed by atoms with van der Waals surface area (Å²) >= 11 is 0. The summed E-state index contributed by atoms with van der Waals surface area (Å²) in [6.07, 6.45) is 0.983. The topological polar surface area (TPSA) is 41.5 Å². The van der Waals surface area contributed by atoms with Gasteiger partial charge in [-0.15, -0.1) is 0 Å². The molecule has 2 N–H and O–H groups in total. The van der Waals surface area contributed by atoms with E-state index in [4.69, 9.17) is 4.74 Å². The third-order valence-corrected chi connectivity index (χ3v) is 2.71. The van der Waals surface area contributed by atoms with E-state index in [0.717, 1.165) is 37.4 Å². The number of hydrogen-bond acceptors (Lipinski definition) is 3. The normalized spacial score (nSPS) is 19.4. The maximum Gasteiger partial charge on any atom is 0.122 e. The van der Waals surface area contributed by atoms with Crippen LogP contribution >= 0.6 is 0 Å². The molecular weight excluding hydrogens is 190 g/mol. The molecule has 1 unspecified atom stereocenters. The van der Waals surface area contributed by atoms with Crippen LogP contribution in [0.25, 0.3) is 0 Å². The number of fused-ring (bicyclic) bond motifs is 1. The first-order valence-corrected chi connectivity index (χ1v) is 5.45. The first-order chi connectivity index (χ1) is 7.29. The Bertz CT molecular complexity index is 338. The second-order valence-corrected chi connectivity index (χ2v) is 3.98. The molecule has 1 heterocycles. The summed E-state index contributed by atoms with van der Waals surface area (Å²) in [6.45, 7) is 4.84. The smallest absolute Gasteiger partial charge is 0.122 e. The molecule has 0 spiro atoms. The van der Waals surface area contributed by atoms with E-state index in [1.54, 1.807) is 12.1 Å². The van der Waals surface area contributed by atoms with Gasteiger partial charge in [0.2, 0.25) is 0 Å². The molecule has 0 aliphatic carbocycles. The van der Waals surface area contributed by atoms with Crippen molar-refractivity contribution in [1.82, 2.24) is 5.32 Å². The molecule has 82 valence electrons. The monoisotopic (exact) mass is 207 g/mol. The van der Waals surface area contributed by atoms with Crippen LogP contribution in [-0.2, 0) is 6.42 Å². The fourth-order valence-corrected chi connectivity index (χ4v) is 1.92. The molecule has 3 heteroatoms. The van der Waals surface area contributed by atoms with Crippen molar-refractivity contribution in [2.45, 2.75) is 13.3 Å². The Morgan fingerprint density at radius 2 is 2.40 bits per heavy atom. The molecule has 1 aliphatic rings. The molecule has 1 atom stereocenters. The Balaban J connectivity index is 2.05. The summed E-state index contributed by atoms with van der Waals surface area (Å²) in [7, 11) is 0. The summed E-state index contributed by atoms with van der Waals surface area (Å²) < 4.78 is 5.64. The number of phenols is 1. The standard InChI is InChI=1S/C12H17NO2/c1-2-13-7-9-5-10-6-11(14)3-4-12(10)15-8-9/h3-4,6,9,13-14H,2,5,7-8H2,1H3. The zero-order chi connectivity index (χ0) is 10.7. The lowest BCUT2D eigenvalue weighted by molar-refractivity contribution is 0.218. The van der Waals surface area contributed by atoms with E-state index in [1.165, 1.54) is 0 Å². The van der Waals surface area contributed by atoms with Gasteiger partial charge in [-0.1, -0.05) is 6.92 Å². The lowest BCUT2D eigenvalue weighted by atomic mass is 9.96. The number of aromatic hydroxyl groups is 1. The molecule has 0 fully saturated rings. The van der Waals surface area contributed by atoms with Gasteiger partial charge in [0.05, 0.1) is 6.61 Å². The number of ether oxygens (including phenoxy) is 1. The predicted octanol–water partition coefficient (Wildman–Crippen LogP) is 1.55. The summed E-state index contributed by atoms with van der Waals surface area (Å²) in [5, 5.41) is 12.7. The predicted molar refractivity (Wildman–Crippen MR) is 59.3 cm³/mol. The lowest BCUT2D eigenvalue weighted by Gasteiger charge is -2.25. The highest BCUT2D eigenvalue weighted by Gasteiger charge is 2.19. The summed E-state index contributed by atoms with van der Waals surface area (Å²) in [5.74, 6) is 1.75. The highest BCUT2D eigenvalue weighted by atomic mass is 16.5. The van der Waals surface area contributed by atoms with Crippen LogP contribution in [0.5, 0.6) is 11.5 Å². The van der Waals surface area contributed by atoms with Crippen molar-refractivity contribution in [3.05, 3.63) is 23.8 Å². The highest BCUT2D eigenvalue weighted by Crippen LogP contribution is 2.29. The van der Waals surface area contributed by atoms with Gasteiger partial charge in [0.25, 0.3) is 0 Å². The molecule has 1 aliphatic heterocycles. The van der Waals surface area contributed by atoms with Crippen molar-refractivity contribution in [2.24, 2.45) is 5.92 Å². The van der Waals surface area contributed by atoms with Crippen molar-refractivity contribution in [1.29, 1.82) is 0 Å². The molecule has 0 saturated carbocycles. The van der Waals surface area contributed by atoms with Gasteiger partial charge in [0.1, 0.15) is 11.5 Å².